The first kappa shape index (κ1) is 14.7. The predicted molar refractivity (Wildman–Crippen MR) is 70.5 cm³/mol. The van der Waals surface area contributed by atoms with E-state index in [-0.39, 0.29) is 5.75 Å². The van der Waals surface area contributed by atoms with Crippen molar-refractivity contribution in [2.24, 2.45) is 5.73 Å². The van der Waals surface area contributed by atoms with Crippen molar-refractivity contribution < 1.29 is 14.2 Å². The molecular formula is C13H21FN2O2. The van der Waals surface area contributed by atoms with Crippen molar-refractivity contribution >= 4 is 5.69 Å². The maximum Gasteiger partial charge on any atom is 0.167 e. The van der Waals surface area contributed by atoms with Gasteiger partial charge in [-0.2, -0.15) is 0 Å². The highest BCUT2D eigenvalue weighted by molar-refractivity contribution is 5.49. The van der Waals surface area contributed by atoms with Crippen LogP contribution in [0.15, 0.2) is 18.2 Å². The zero-order chi connectivity index (χ0) is 13.5. The Morgan fingerprint density at radius 1 is 1.50 bits per heavy atom. The molecule has 4 nitrogen and oxygen atoms in total. The van der Waals surface area contributed by atoms with E-state index in [9.17, 15) is 9.50 Å². The number of hydrogen-bond acceptors (Lipinski definition) is 4. The Morgan fingerprint density at radius 2 is 2.22 bits per heavy atom. The van der Waals surface area contributed by atoms with Gasteiger partial charge in [-0.1, -0.05) is 0 Å². The lowest BCUT2D eigenvalue weighted by Gasteiger charge is -2.22. The van der Waals surface area contributed by atoms with Crippen LogP contribution in [0.4, 0.5) is 10.1 Å². The van der Waals surface area contributed by atoms with Crippen molar-refractivity contribution in [3.05, 3.63) is 24.0 Å². The van der Waals surface area contributed by atoms with Crippen molar-refractivity contribution in [2.75, 3.05) is 31.6 Å². The molecule has 3 N–H and O–H groups in total. The van der Waals surface area contributed by atoms with Gasteiger partial charge in [0.05, 0.1) is 12.7 Å². The number of aliphatic hydroxyl groups is 1. The van der Waals surface area contributed by atoms with Gasteiger partial charge in [-0.05, 0) is 32.0 Å². The molecule has 18 heavy (non-hydrogen) atoms. The second-order valence-electron chi connectivity index (χ2n) is 4.16. The molecule has 0 aliphatic heterocycles. The van der Waals surface area contributed by atoms with E-state index >= 15 is 0 Å². The van der Waals surface area contributed by atoms with Crippen LogP contribution in [-0.2, 0) is 0 Å². The zero-order valence-corrected chi connectivity index (χ0v) is 10.9. The first-order valence-electron chi connectivity index (χ1n) is 6.10. The summed E-state index contributed by atoms with van der Waals surface area (Å²) >= 11 is 0. The summed E-state index contributed by atoms with van der Waals surface area (Å²) in [6, 6.07) is 4.77. The summed E-state index contributed by atoms with van der Waals surface area (Å²) in [4.78, 5) is 1.79. The Bertz CT molecular complexity index is 374. The number of anilines is 1. The van der Waals surface area contributed by atoms with Gasteiger partial charge in [0, 0.05) is 25.3 Å². The van der Waals surface area contributed by atoms with E-state index in [0.717, 1.165) is 0 Å². The van der Waals surface area contributed by atoms with E-state index in [1.165, 1.54) is 6.07 Å². The van der Waals surface area contributed by atoms with Crippen molar-refractivity contribution in [3.63, 3.8) is 0 Å². The van der Waals surface area contributed by atoms with Gasteiger partial charge in [0.1, 0.15) is 0 Å². The summed E-state index contributed by atoms with van der Waals surface area (Å²) in [6.07, 6.45) is 0.0266. The first-order chi connectivity index (χ1) is 8.58. The van der Waals surface area contributed by atoms with E-state index in [0.29, 0.717) is 31.8 Å². The third kappa shape index (κ3) is 4.16. The fourth-order valence-corrected chi connectivity index (χ4v) is 1.70. The molecule has 0 radical (unpaired) electrons. The minimum Gasteiger partial charge on any atom is -0.491 e. The fraction of sp³-hybridized carbons (Fsp3) is 0.538. The molecule has 5 heteroatoms. The maximum absolute atomic E-state index is 13.6. The normalized spacial score (nSPS) is 12.3. The number of ether oxygens (including phenoxy) is 1. The second-order valence-corrected chi connectivity index (χ2v) is 4.16. The Morgan fingerprint density at radius 3 is 2.78 bits per heavy atom. The molecule has 0 heterocycles. The molecule has 1 aromatic rings. The molecule has 0 aromatic heterocycles. The van der Waals surface area contributed by atoms with Crippen molar-refractivity contribution in [1.29, 1.82) is 0 Å². The standard InChI is InChI=1S/C13H21FN2O2/c1-3-18-13-5-4-10(8-12(13)14)16(2)9-11(17)6-7-15/h4-5,8,11,17H,3,6-7,9,15H2,1-2H3. The van der Waals surface area contributed by atoms with Crippen LogP contribution in [0, 0.1) is 5.82 Å². The molecule has 0 bridgehead atoms. The molecular weight excluding hydrogens is 235 g/mol. The maximum atomic E-state index is 13.6. The Hall–Kier alpha value is -1.33. The first-order valence-corrected chi connectivity index (χ1v) is 6.10. The lowest BCUT2D eigenvalue weighted by molar-refractivity contribution is 0.174. The zero-order valence-electron chi connectivity index (χ0n) is 10.9. The number of benzene rings is 1. The molecule has 0 aliphatic rings. The summed E-state index contributed by atoms with van der Waals surface area (Å²) in [5, 5.41) is 9.65. The highest BCUT2D eigenvalue weighted by Gasteiger charge is 2.11. The van der Waals surface area contributed by atoms with Crippen LogP contribution < -0.4 is 15.4 Å². The molecule has 1 aromatic carbocycles. The van der Waals surface area contributed by atoms with E-state index in [1.807, 2.05) is 6.92 Å². The van der Waals surface area contributed by atoms with Gasteiger partial charge in [-0.3, -0.25) is 0 Å². The lowest BCUT2D eigenvalue weighted by Crippen LogP contribution is -2.30. The molecule has 0 fully saturated rings. The van der Waals surface area contributed by atoms with Gasteiger partial charge in [-0.25, -0.2) is 4.39 Å². The molecule has 102 valence electrons. The number of likely N-dealkylation sites (N-methyl/N-ethyl adjacent to an activating group) is 1. The SMILES string of the molecule is CCOc1ccc(N(C)CC(O)CCN)cc1F. The number of nitrogens with zero attached hydrogens (tertiary/aromatic N) is 1. The highest BCUT2D eigenvalue weighted by Crippen LogP contribution is 2.23. The minimum absolute atomic E-state index is 0.247. The summed E-state index contributed by atoms with van der Waals surface area (Å²) in [7, 11) is 1.80. The predicted octanol–water partition coefficient (Wildman–Crippen LogP) is 1.37. The van der Waals surface area contributed by atoms with Crippen LogP contribution in [0.5, 0.6) is 5.75 Å². The van der Waals surface area contributed by atoms with Crippen molar-refractivity contribution in [1.82, 2.24) is 0 Å². The van der Waals surface area contributed by atoms with E-state index in [4.69, 9.17) is 10.5 Å². The number of hydrogen-bond donors (Lipinski definition) is 2. The van der Waals surface area contributed by atoms with Gasteiger partial charge in [0.2, 0.25) is 0 Å². The van der Waals surface area contributed by atoms with Gasteiger partial charge in [0.15, 0.2) is 11.6 Å². The van der Waals surface area contributed by atoms with Crippen LogP contribution in [0.25, 0.3) is 0 Å². The minimum atomic E-state index is -0.505. The topological polar surface area (TPSA) is 58.7 Å². The van der Waals surface area contributed by atoms with Gasteiger partial charge >= 0.3 is 0 Å². The smallest absolute Gasteiger partial charge is 0.167 e. The summed E-state index contributed by atoms with van der Waals surface area (Å²) in [5.74, 6) is -0.147. The quantitative estimate of drug-likeness (QED) is 0.773. The fourth-order valence-electron chi connectivity index (χ4n) is 1.70. The van der Waals surface area contributed by atoms with Crippen molar-refractivity contribution in [3.8, 4) is 5.75 Å². The molecule has 1 atom stereocenters. The van der Waals surface area contributed by atoms with Crippen LogP contribution in [0.1, 0.15) is 13.3 Å². The number of nitrogens with two attached hydrogens (primary N) is 1. The van der Waals surface area contributed by atoms with Crippen LogP contribution in [0.3, 0.4) is 0 Å². The van der Waals surface area contributed by atoms with E-state index in [1.54, 1.807) is 24.1 Å². The van der Waals surface area contributed by atoms with Crippen LogP contribution in [-0.4, -0.2) is 38.0 Å². The number of aliphatic hydroxyl groups excluding tert-OH is 1. The average molecular weight is 256 g/mol. The van der Waals surface area contributed by atoms with Crippen LogP contribution >= 0.6 is 0 Å². The monoisotopic (exact) mass is 256 g/mol. The lowest BCUT2D eigenvalue weighted by atomic mass is 10.2. The summed E-state index contributed by atoms with van der Waals surface area (Å²) < 4.78 is 18.8. The van der Waals surface area contributed by atoms with E-state index < -0.39 is 11.9 Å². The molecule has 0 spiro atoms. The average Bonchev–Trinajstić information content (AvgIpc) is 2.32. The molecule has 0 saturated carbocycles. The van der Waals surface area contributed by atoms with Gasteiger partial charge in [-0.15, -0.1) is 0 Å². The summed E-state index contributed by atoms with van der Waals surface area (Å²) in [6.45, 7) is 3.10. The van der Waals surface area contributed by atoms with E-state index in [2.05, 4.69) is 0 Å². The number of rotatable bonds is 7. The third-order valence-corrected chi connectivity index (χ3v) is 2.64. The second kappa shape index (κ2) is 7.18. The molecule has 0 amide bonds. The molecule has 0 saturated heterocycles. The third-order valence-electron chi connectivity index (χ3n) is 2.64. The summed E-state index contributed by atoms with van der Waals surface area (Å²) in [5.41, 5.74) is 6.07. The molecule has 0 aliphatic carbocycles. The Kier molecular flexibility index (Phi) is 5.88. The molecule has 1 rings (SSSR count). The van der Waals surface area contributed by atoms with Crippen molar-refractivity contribution in [2.45, 2.75) is 19.4 Å². The Labute approximate surface area is 107 Å². The highest BCUT2D eigenvalue weighted by atomic mass is 19.1. The van der Waals surface area contributed by atoms with Gasteiger partial charge in [0.25, 0.3) is 0 Å². The largest absolute Gasteiger partial charge is 0.491 e. The Balaban J connectivity index is 2.68. The van der Waals surface area contributed by atoms with Crippen LogP contribution in [0.2, 0.25) is 0 Å². The van der Waals surface area contributed by atoms with Gasteiger partial charge < -0.3 is 20.5 Å². The number of halogens is 1. The molecule has 1 unspecified atom stereocenters.